The van der Waals surface area contributed by atoms with Gasteiger partial charge in [0.2, 0.25) is 5.91 Å². The van der Waals surface area contributed by atoms with Crippen LogP contribution in [0.25, 0.3) is 0 Å². The second-order valence-electron chi connectivity index (χ2n) is 4.50. The van der Waals surface area contributed by atoms with Gasteiger partial charge in [-0.15, -0.1) is 0 Å². The third-order valence-electron chi connectivity index (χ3n) is 2.80. The highest BCUT2D eigenvalue weighted by atomic mass is 16.2. The van der Waals surface area contributed by atoms with E-state index in [4.69, 9.17) is 0 Å². The number of amides is 2. The van der Waals surface area contributed by atoms with Crippen LogP contribution in [0.2, 0.25) is 0 Å². The number of carbonyl (C=O) groups excluding carboxylic acids is 2. The maximum Gasteiger partial charge on any atom is 0.271 e. The Morgan fingerprint density at radius 2 is 2.00 bits per heavy atom. The molecule has 5 heteroatoms. The average molecular weight is 259 g/mol. The van der Waals surface area contributed by atoms with E-state index in [0.717, 1.165) is 19.3 Å². The van der Waals surface area contributed by atoms with Gasteiger partial charge in [-0.2, -0.15) is 5.10 Å². The molecule has 1 aliphatic rings. The van der Waals surface area contributed by atoms with E-state index in [1.54, 1.807) is 30.5 Å². The first-order valence-corrected chi connectivity index (χ1v) is 6.43. The molecule has 1 fully saturated rings. The monoisotopic (exact) mass is 259 g/mol. The van der Waals surface area contributed by atoms with E-state index in [0.29, 0.717) is 11.3 Å². The van der Waals surface area contributed by atoms with Crippen molar-refractivity contribution in [2.45, 2.75) is 26.2 Å². The molecule has 5 nitrogen and oxygen atoms in total. The van der Waals surface area contributed by atoms with Gasteiger partial charge in [0.05, 0.1) is 0 Å². The lowest BCUT2D eigenvalue weighted by molar-refractivity contribution is -0.117. The van der Waals surface area contributed by atoms with Gasteiger partial charge >= 0.3 is 0 Å². The summed E-state index contributed by atoms with van der Waals surface area (Å²) in [5.41, 5.74) is 3.66. The highest BCUT2D eigenvalue weighted by molar-refractivity contribution is 5.96. The van der Waals surface area contributed by atoms with Crippen molar-refractivity contribution in [2.75, 3.05) is 5.32 Å². The lowest BCUT2D eigenvalue weighted by Crippen LogP contribution is -2.17. The number of carbonyl (C=O) groups is 2. The average Bonchev–Trinajstić information content (AvgIpc) is 3.24. The van der Waals surface area contributed by atoms with Crippen molar-refractivity contribution in [1.29, 1.82) is 0 Å². The summed E-state index contributed by atoms with van der Waals surface area (Å²) in [6, 6.07) is 6.77. The molecule has 0 heterocycles. The summed E-state index contributed by atoms with van der Waals surface area (Å²) in [4.78, 5) is 23.2. The number of nitrogens with zero attached hydrogens (tertiary/aromatic N) is 1. The first kappa shape index (κ1) is 13.3. The molecule has 0 aliphatic heterocycles. The van der Waals surface area contributed by atoms with Gasteiger partial charge in [-0.1, -0.05) is 6.92 Å². The van der Waals surface area contributed by atoms with Crippen molar-refractivity contribution in [3.8, 4) is 0 Å². The summed E-state index contributed by atoms with van der Waals surface area (Å²) in [5, 5.41) is 6.60. The first-order chi connectivity index (χ1) is 9.20. The summed E-state index contributed by atoms with van der Waals surface area (Å²) in [6.07, 6.45) is 4.35. The van der Waals surface area contributed by atoms with Crippen molar-refractivity contribution in [3.05, 3.63) is 29.8 Å². The summed E-state index contributed by atoms with van der Waals surface area (Å²) in [6.45, 7) is 1.94. The molecule has 2 rings (SSSR count). The number of hydrogen-bond acceptors (Lipinski definition) is 3. The van der Waals surface area contributed by atoms with E-state index < -0.39 is 0 Å². The van der Waals surface area contributed by atoms with Crippen molar-refractivity contribution in [1.82, 2.24) is 5.43 Å². The zero-order valence-electron chi connectivity index (χ0n) is 10.8. The molecule has 0 atom stereocenters. The highest BCUT2D eigenvalue weighted by Crippen LogP contribution is 2.30. The number of anilines is 1. The normalized spacial score (nSPS) is 14.4. The Morgan fingerprint density at radius 1 is 1.32 bits per heavy atom. The molecule has 1 aliphatic carbocycles. The number of hydrazone groups is 1. The molecule has 0 bridgehead atoms. The predicted octanol–water partition coefficient (Wildman–Crippen LogP) is 2.16. The van der Waals surface area contributed by atoms with E-state index in [1.165, 1.54) is 0 Å². The SMILES string of the molecule is CC/C=N/NC(=O)c1ccc(NC(=O)C2CC2)cc1. The van der Waals surface area contributed by atoms with Crippen LogP contribution in [0.1, 0.15) is 36.5 Å². The van der Waals surface area contributed by atoms with Crippen LogP contribution in [0.5, 0.6) is 0 Å². The van der Waals surface area contributed by atoms with Crippen molar-refractivity contribution in [3.63, 3.8) is 0 Å². The smallest absolute Gasteiger partial charge is 0.271 e. The highest BCUT2D eigenvalue weighted by Gasteiger charge is 2.29. The maximum atomic E-state index is 11.7. The molecule has 0 saturated heterocycles. The third-order valence-corrected chi connectivity index (χ3v) is 2.80. The fourth-order valence-electron chi connectivity index (χ4n) is 1.55. The molecule has 100 valence electrons. The Kier molecular flexibility index (Phi) is 4.28. The molecule has 2 N–H and O–H groups in total. The second-order valence-corrected chi connectivity index (χ2v) is 4.50. The lowest BCUT2D eigenvalue weighted by atomic mass is 10.2. The number of nitrogens with one attached hydrogen (secondary N) is 2. The Balaban J connectivity index is 1.91. The summed E-state index contributed by atoms with van der Waals surface area (Å²) in [5.74, 6) is -0.0270. The van der Waals surface area contributed by atoms with E-state index in [2.05, 4.69) is 15.8 Å². The van der Waals surface area contributed by atoms with Gasteiger partial charge in [0.15, 0.2) is 0 Å². The molecule has 1 aromatic carbocycles. The first-order valence-electron chi connectivity index (χ1n) is 6.43. The maximum absolute atomic E-state index is 11.7. The zero-order valence-corrected chi connectivity index (χ0v) is 10.8. The van der Waals surface area contributed by atoms with Gasteiger partial charge < -0.3 is 5.32 Å². The van der Waals surface area contributed by atoms with Crippen LogP contribution in [0.4, 0.5) is 5.69 Å². The third kappa shape index (κ3) is 3.91. The van der Waals surface area contributed by atoms with Crippen LogP contribution in [-0.2, 0) is 4.79 Å². The van der Waals surface area contributed by atoms with E-state index in [-0.39, 0.29) is 17.7 Å². The van der Waals surface area contributed by atoms with E-state index >= 15 is 0 Å². The second kappa shape index (κ2) is 6.13. The summed E-state index contributed by atoms with van der Waals surface area (Å²) in [7, 11) is 0. The minimum Gasteiger partial charge on any atom is -0.326 e. The Bertz CT molecular complexity index is 490. The van der Waals surface area contributed by atoms with Crippen LogP contribution in [-0.4, -0.2) is 18.0 Å². The van der Waals surface area contributed by atoms with Gasteiger partial charge in [-0.05, 0) is 43.5 Å². The largest absolute Gasteiger partial charge is 0.326 e. The fraction of sp³-hybridized carbons (Fsp3) is 0.357. The van der Waals surface area contributed by atoms with Gasteiger partial charge in [0, 0.05) is 23.4 Å². The quantitative estimate of drug-likeness (QED) is 0.628. The van der Waals surface area contributed by atoms with Gasteiger partial charge in [-0.3, -0.25) is 9.59 Å². The molecular weight excluding hydrogens is 242 g/mol. The molecule has 0 aromatic heterocycles. The van der Waals surface area contributed by atoms with Crippen LogP contribution < -0.4 is 10.7 Å². The van der Waals surface area contributed by atoms with Crippen molar-refractivity contribution >= 4 is 23.7 Å². The predicted molar refractivity (Wildman–Crippen MR) is 74.0 cm³/mol. The standard InChI is InChI=1S/C14H17N3O2/c1-2-9-15-17-14(19)11-5-7-12(8-6-11)16-13(18)10-3-4-10/h5-10H,2-4H2,1H3,(H,16,18)(H,17,19)/b15-9+. The van der Waals surface area contributed by atoms with Crippen LogP contribution in [0, 0.1) is 5.92 Å². The molecule has 1 aromatic rings. The minimum absolute atomic E-state index is 0.0600. The number of rotatable bonds is 5. The number of hydrogen-bond donors (Lipinski definition) is 2. The molecule has 0 unspecified atom stereocenters. The van der Waals surface area contributed by atoms with Crippen LogP contribution >= 0.6 is 0 Å². The summed E-state index contributed by atoms with van der Waals surface area (Å²) >= 11 is 0. The minimum atomic E-state index is -0.259. The topological polar surface area (TPSA) is 70.6 Å². The molecule has 19 heavy (non-hydrogen) atoms. The molecule has 1 saturated carbocycles. The lowest BCUT2D eigenvalue weighted by Gasteiger charge is -2.05. The van der Waals surface area contributed by atoms with Gasteiger partial charge in [0.25, 0.3) is 5.91 Å². The Morgan fingerprint density at radius 3 is 2.58 bits per heavy atom. The Labute approximate surface area is 112 Å². The summed E-state index contributed by atoms with van der Waals surface area (Å²) < 4.78 is 0. The van der Waals surface area contributed by atoms with Crippen LogP contribution in [0.3, 0.4) is 0 Å². The Hall–Kier alpha value is -2.17. The molecule has 0 spiro atoms. The molecule has 0 radical (unpaired) electrons. The van der Waals surface area contributed by atoms with Crippen molar-refractivity contribution in [2.24, 2.45) is 11.0 Å². The van der Waals surface area contributed by atoms with Crippen molar-refractivity contribution < 1.29 is 9.59 Å². The van der Waals surface area contributed by atoms with E-state index in [9.17, 15) is 9.59 Å². The van der Waals surface area contributed by atoms with Crippen LogP contribution in [0.15, 0.2) is 29.4 Å². The van der Waals surface area contributed by atoms with E-state index in [1.807, 2.05) is 6.92 Å². The zero-order chi connectivity index (χ0) is 13.7. The fourth-order valence-corrected chi connectivity index (χ4v) is 1.55. The number of benzene rings is 1. The van der Waals surface area contributed by atoms with Gasteiger partial charge in [0.1, 0.15) is 0 Å². The van der Waals surface area contributed by atoms with Gasteiger partial charge in [-0.25, -0.2) is 5.43 Å². The molecular formula is C14H17N3O2. The molecule has 2 amide bonds.